The first-order chi connectivity index (χ1) is 9.61. The molecule has 112 valence electrons. The maximum Gasteiger partial charge on any atom is 0.191 e. The molecule has 0 amide bonds. The Morgan fingerprint density at radius 3 is 2.70 bits per heavy atom. The molecule has 1 aromatic rings. The van der Waals surface area contributed by atoms with Crippen molar-refractivity contribution < 1.29 is 0 Å². The molecular formula is C16H28N4. The van der Waals surface area contributed by atoms with Crippen molar-refractivity contribution in [1.29, 1.82) is 0 Å². The maximum atomic E-state index is 4.67. The van der Waals surface area contributed by atoms with Gasteiger partial charge in [0.1, 0.15) is 0 Å². The molecule has 4 nitrogen and oxygen atoms in total. The van der Waals surface area contributed by atoms with Gasteiger partial charge in [0.25, 0.3) is 0 Å². The monoisotopic (exact) mass is 276 g/mol. The Bertz CT molecular complexity index is 441. The molecule has 0 unspecified atom stereocenters. The SMILES string of the molecule is CCNC(=NCc1ccn(C)c1)NCC1(C)CCCC1. The fraction of sp³-hybridized carbons (Fsp3) is 0.688. The van der Waals surface area contributed by atoms with E-state index in [9.17, 15) is 0 Å². The Morgan fingerprint density at radius 2 is 2.10 bits per heavy atom. The highest BCUT2D eigenvalue weighted by atomic mass is 15.2. The summed E-state index contributed by atoms with van der Waals surface area (Å²) >= 11 is 0. The van der Waals surface area contributed by atoms with Crippen molar-refractivity contribution in [2.75, 3.05) is 13.1 Å². The van der Waals surface area contributed by atoms with E-state index in [4.69, 9.17) is 0 Å². The Labute approximate surface area is 122 Å². The van der Waals surface area contributed by atoms with Gasteiger partial charge in [0, 0.05) is 32.5 Å². The molecule has 20 heavy (non-hydrogen) atoms. The lowest BCUT2D eigenvalue weighted by molar-refractivity contribution is 0.334. The van der Waals surface area contributed by atoms with Crippen LogP contribution in [0.15, 0.2) is 23.5 Å². The number of nitrogens with one attached hydrogen (secondary N) is 2. The van der Waals surface area contributed by atoms with E-state index in [2.05, 4.69) is 52.5 Å². The third-order valence-corrected chi connectivity index (χ3v) is 4.15. The van der Waals surface area contributed by atoms with Gasteiger partial charge in [-0.3, -0.25) is 0 Å². The van der Waals surface area contributed by atoms with Crippen LogP contribution in [0.3, 0.4) is 0 Å². The van der Waals surface area contributed by atoms with Gasteiger partial charge in [-0.1, -0.05) is 19.8 Å². The zero-order valence-corrected chi connectivity index (χ0v) is 13.1. The van der Waals surface area contributed by atoms with Gasteiger partial charge in [0.2, 0.25) is 0 Å². The maximum absolute atomic E-state index is 4.67. The molecule has 2 N–H and O–H groups in total. The van der Waals surface area contributed by atoms with Gasteiger partial charge >= 0.3 is 0 Å². The Morgan fingerprint density at radius 1 is 1.35 bits per heavy atom. The van der Waals surface area contributed by atoms with Gasteiger partial charge in [-0.05, 0) is 36.8 Å². The summed E-state index contributed by atoms with van der Waals surface area (Å²) in [4.78, 5) is 4.67. The van der Waals surface area contributed by atoms with Gasteiger partial charge in [0.15, 0.2) is 5.96 Å². The van der Waals surface area contributed by atoms with Crippen LogP contribution < -0.4 is 10.6 Å². The fourth-order valence-corrected chi connectivity index (χ4v) is 2.87. The zero-order valence-electron chi connectivity index (χ0n) is 13.1. The smallest absolute Gasteiger partial charge is 0.191 e. The molecular weight excluding hydrogens is 248 g/mol. The van der Waals surface area contributed by atoms with Crippen molar-refractivity contribution in [3.63, 3.8) is 0 Å². The molecule has 0 saturated heterocycles. The number of aliphatic imine (C=N–C) groups is 1. The summed E-state index contributed by atoms with van der Waals surface area (Å²) in [5.74, 6) is 0.935. The van der Waals surface area contributed by atoms with E-state index >= 15 is 0 Å². The highest BCUT2D eigenvalue weighted by Gasteiger charge is 2.28. The lowest BCUT2D eigenvalue weighted by Crippen LogP contribution is -2.42. The fourth-order valence-electron chi connectivity index (χ4n) is 2.87. The predicted molar refractivity (Wildman–Crippen MR) is 84.8 cm³/mol. The number of rotatable bonds is 5. The van der Waals surface area contributed by atoms with Crippen LogP contribution in [-0.4, -0.2) is 23.6 Å². The number of hydrogen-bond donors (Lipinski definition) is 2. The van der Waals surface area contributed by atoms with Crippen LogP contribution in [0.5, 0.6) is 0 Å². The first kappa shape index (κ1) is 14.9. The second kappa shape index (κ2) is 6.82. The molecule has 4 heteroatoms. The van der Waals surface area contributed by atoms with Crippen molar-refractivity contribution in [3.05, 3.63) is 24.0 Å². The van der Waals surface area contributed by atoms with Crippen LogP contribution in [0.4, 0.5) is 0 Å². The van der Waals surface area contributed by atoms with Crippen LogP contribution in [0.25, 0.3) is 0 Å². The lowest BCUT2D eigenvalue weighted by atomic mass is 9.89. The van der Waals surface area contributed by atoms with Crippen molar-refractivity contribution in [2.24, 2.45) is 17.5 Å². The Kier molecular flexibility index (Phi) is 5.10. The van der Waals surface area contributed by atoms with E-state index < -0.39 is 0 Å². The third-order valence-electron chi connectivity index (χ3n) is 4.15. The first-order valence-corrected chi connectivity index (χ1v) is 7.74. The van der Waals surface area contributed by atoms with Gasteiger partial charge < -0.3 is 15.2 Å². The van der Waals surface area contributed by atoms with Crippen molar-refractivity contribution >= 4 is 5.96 Å². The Balaban J connectivity index is 1.88. The van der Waals surface area contributed by atoms with E-state index in [1.54, 1.807) is 0 Å². The minimum absolute atomic E-state index is 0.447. The quantitative estimate of drug-likeness (QED) is 0.641. The standard InChI is InChI=1S/C16H28N4/c1-4-17-15(18-11-14-7-10-20(3)12-14)19-13-16(2)8-5-6-9-16/h7,10,12H,4-6,8-9,11,13H2,1-3H3,(H2,17,18,19). The number of aromatic nitrogens is 1. The normalized spacial score (nSPS) is 18.2. The molecule has 1 fully saturated rings. The van der Waals surface area contributed by atoms with Crippen LogP contribution in [0.1, 0.15) is 45.1 Å². The van der Waals surface area contributed by atoms with Crippen molar-refractivity contribution in [1.82, 2.24) is 15.2 Å². The zero-order chi connectivity index (χ0) is 14.4. The summed E-state index contributed by atoms with van der Waals surface area (Å²) in [6, 6.07) is 2.12. The highest BCUT2D eigenvalue weighted by Crippen LogP contribution is 2.36. The largest absolute Gasteiger partial charge is 0.357 e. The Hall–Kier alpha value is -1.45. The summed E-state index contributed by atoms with van der Waals surface area (Å²) in [6.45, 7) is 7.14. The molecule has 0 atom stereocenters. The van der Waals surface area contributed by atoms with Gasteiger partial charge in [-0.2, -0.15) is 0 Å². The summed E-state index contributed by atoms with van der Waals surface area (Å²) in [5.41, 5.74) is 1.69. The molecule has 2 rings (SSSR count). The minimum Gasteiger partial charge on any atom is -0.357 e. The third kappa shape index (κ3) is 4.29. The molecule has 1 saturated carbocycles. The van der Waals surface area contributed by atoms with Crippen LogP contribution in [-0.2, 0) is 13.6 Å². The molecule has 0 aliphatic heterocycles. The van der Waals surface area contributed by atoms with Crippen LogP contribution in [0.2, 0.25) is 0 Å². The predicted octanol–water partition coefficient (Wildman–Crippen LogP) is 2.66. The number of guanidine groups is 1. The average Bonchev–Trinajstić information content (AvgIpc) is 3.03. The number of aryl methyl sites for hydroxylation is 1. The summed E-state index contributed by atoms with van der Waals surface area (Å²) in [5, 5.41) is 6.85. The van der Waals surface area contributed by atoms with E-state index in [-0.39, 0.29) is 0 Å². The molecule has 1 heterocycles. The topological polar surface area (TPSA) is 41.4 Å². The average molecular weight is 276 g/mol. The van der Waals surface area contributed by atoms with E-state index in [0.29, 0.717) is 5.41 Å². The second-order valence-corrected chi connectivity index (χ2v) is 6.25. The van der Waals surface area contributed by atoms with Crippen LogP contribution in [0, 0.1) is 5.41 Å². The first-order valence-electron chi connectivity index (χ1n) is 7.74. The summed E-state index contributed by atoms with van der Waals surface area (Å²) in [6.07, 6.45) is 9.58. The summed E-state index contributed by atoms with van der Waals surface area (Å²) in [7, 11) is 2.04. The molecule has 0 bridgehead atoms. The van der Waals surface area contributed by atoms with Gasteiger partial charge in [-0.25, -0.2) is 4.99 Å². The molecule has 0 aromatic carbocycles. The number of nitrogens with zero attached hydrogens (tertiary/aromatic N) is 2. The van der Waals surface area contributed by atoms with E-state index in [1.165, 1.54) is 31.2 Å². The molecule has 1 aromatic heterocycles. The van der Waals surface area contributed by atoms with Gasteiger partial charge in [0.05, 0.1) is 6.54 Å². The molecule has 0 radical (unpaired) electrons. The molecule has 0 spiro atoms. The van der Waals surface area contributed by atoms with Crippen molar-refractivity contribution in [2.45, 2.75) is 46.1 Å². The lowest BCUT2D eigenvalue weighted by Gasteiger charge is -2.25. The molecule has 1 aliphatic carbocycles. The van der Waals surface area contributed by atoms with Gasteiger partial charge in [-0.15, -0.1) is 0 Å². The van der Waals surface area contributed by atoms with Crippen molar-refractivity contribution in [3.8, 4) is 0 Å². The minimum atomic E-state index is 0.447. The second-order valence-electron chi connectivity index (χ2n) is 6.25. The number of hydrogen-bond acceptors (Lipinski definition) is 1. The highest BCUT2D eigenvalue weighted by molar-refractivity contribution is 5.79. The van der Waals surface area contributed by atoms with Crippen LogP contribution >= 0.6 is 0 Å². The summed E-state index contributed by atoms with van der Waals surface area (Å²) < 4.78 is 2.06. The van der Waals surface area contributed by atoms with E-state index in [0.717, 1.165) is 25.6 Å². The molecule has 1 aliphatic rings. The van der Waals surface area contributed by atoms with E-state index in [1.807, 2.05) is 7.05 Å².